The lowest BCUT2D eigenvalue weighted by Gasteiger charge is -2.21. The van der Waals surface area contributed by atoms with Gasteiger partial charge in [0.25, 0.3) is 5.91 Å². The molecule has 118 valence electrons. The van der Waals surface area contributed by atoms with Gasteiger partial charge in [0, 0.05) is 56.1 Å². The van der Waals surface area contributed by atoms with Crippen LogP contribution in [0.2, 0.25) is 0 Å². The molecule has 4 heterocycles. The van der Waals surface area contributed by atoms with E-state index in [-0.39, 0.29) is 5.91 Å². The van der Waals surface area contributed by atoms with E-state index in [4.69, 9.17) is 0 Å². The number of hydrogen-bond donors (Lipinski definition) is 0. The number of nitrogens with zero attached hydrogens (tertiary/aromatic N) is 5. The van der Waals surface area contributed by atoms with Crippen molar-refractivity contribution in [2.75, 3.05) is 31.1 Å². The van der Waals surface area contributed by atoms with Crippen LogP contribution >= 0.6 is 0 Å². The fourth-order valence-corrected chi connectivity index (χ4v) is 3.60. The van der Waals surface area contributed by atoms with Crippen molar-refractivity contribution in [3.05, 3.63) is 48.0 Å². The van der Waals surface area contributed by atoms with E-state index < -0.39 is 0 Å². The summed E-state index contributed by atoms with van der Waals surface area (Å²) in [4.78, 5) is 29.8. The van der Waals surface area contributed by atoms with Crippen molar-refractivity contribution in [3.63, 3.8) is 0 Å². The van der Waals surface area contributed by atoms with Crippen LogP contribution in [0.5, 0.6) is 0 Å². The number of carbonyl (C=O) groups excluding carboxylic acids is 1. The number of anilines is 1. The van der Waals surface area contributed by atoms with Crippen LogP contribution in [0.3, 0.4) is 0 Å². The second-order valence-corrected chi connectivity index (χ2v) is 6.35. The zero-order chi connectivity index (χ0) is 15.8. The van der Waals surface area contributed by atoms with Gasteiger partial charge in [-0.3, -0.25) is 4.79 Å². The molecule has 0 N–H and O–H groups in total. The van der Waals surface area contributed by atoms with Gasteiger partial charge < -0.3 is 9.80 Å². The van der Waals surface area contributed by atoms with Gasteiger partial charge in [0.05, 0.1) is 0 Å². The van der Waals surface area contributed by atoms with Gasteiger partial charge in [0.2, 0.25) is 5.95 Å². The van der Waals surface area contributed by atoms with E-state index in [2.05, 4.69) is 19.9 Å². The molecule has 1 amide bonds. The van der Waals surface area contributed by atoms with Crippen molar-refractivity contribution in [1.82, 2.24) is 19.9 Å². The van der Waals surface area contributed by atoms with Crippen LogP contribution in [-0.4, -0.2) is 51.9 Å². The summed E-state index contributed by atoms with van der Waals surface area (Å²) in [5.41, 5.74) is 1.43. The zero-order valence-electron chi connectivity index (χ0n) is 13.1. The molecule has 4 rings (SSSR count). The SMILES string of the molecule is Cc1cccc(C(=O)N2C[C@@H]3CN(c4ncccn4)C[C@@H]3C2)n1. The van der Waals surface area contributed by atoms with Gasteiger partial charge in [-0.05, 0) is 25.1 Å². The van der Waals surface area contributed by atoms with Crippen LogP contribution < -0.4 is 4.90 Å². The normalized spacial score (nSPS) is 23.2. The van der Waals surface area contributed by atoms with Gasteiger partial charge in [0.1, 0.15) is 5.69 Å². The van der Waals surface area contributed by atoms with Gasteiger partial charge in [0.15, 0.2) is 0 Å². The maximum atomic E-state index is 12.6. The minimum atomic E-state index is 0.0469. The number of likely N-dealkylation sites (tertiary alicyclic amines) is 1. The van der Waals surface area contributed by atoms with Crippen LogP contribution in [0.4, 0.5) is 5.95 Å². The standard InChI is InChI=1S/C17H19N5O/c1-12-4-2-5-15(20-12)16(23)21-8-13-10-22(11-14(13)9-21)17-18-6-3-7-19-17/h2-7,13-14H,8-11H2,1H3/t13-,14+. The zero-order valence-corrected chi connectivity index (χ0v) is 13.1. The smallest absolute Gasteiger partial charge is 0.272 e. The summed E-state index contributed by atoms with van der Waals surface area (Å²) in [5.74, 6) is 1.82. The Morgan fingerprint density at radius 3 is 2.39 bits per heavy atom. The molecule has 23 heavy (non-hydrogen) atoms. The van der Waals surface area contributed by atoms with Gasteiger partial charge >= 0.3 is 0 Å². The third kappa shape index (κ3) is 2.65. The van der Waals surface area contributed by atoms with E-state index in [9.17, 15) is 4.79 Å². The maximum Gasteiger partial charge on any atom is 0.272 e. The molecule has 2 atom stereocenters. The molecule has 0 spiro atoms. The summed E-state index contributed by atoms with van der Waals surface area (Å²) in [6.07, 6.45) is 3.55. The third-order valence-electron chi connectivity index (χ3n) is 4.72. The summed E-state index contributed by atoms with van der Waals surface area (Å²) in [6, 6.07) is 7.43. The van der Waals surface area contributed by atoms with Crippen LogP contribution in [-0.2, 0) is 0 Å². The van der Waals surface area contributed by atoms with E-state index in [1.165, 1.54) is 0 Å². The predicted octanol–water partition coefficient (Wildman–Crippen LogP) is 1.39. The lowest BCUT2D eigenvalue weighted by atomic mass is 10.0. The summed E-state index contributed by atoms with van der Waals surface area (Å²) >= 11 is 0. The van der Waals surface area contributed by atoms with Crippen LogP contribution in [0.25, 0.3) is 0 Å². The number of fused-ring (bicyclic) bond motifs is 1. The first-order valence-electron chi connectivity index (χ1n) is 7.95. The number of aromatic nitrogens is 3. The molecule has 0 unspecified atom stereocenters. The molecule has 2 saturated heterocycles. The molecule has 2 aromatic heterocycles. The molecule has 0 bridgehead atoms. The molecular weight excluding hydrogens is 290 g/mol. The topological polar surface area (TPSA) is 62.2 Å². The average Bonchev–Trinajstić information content (AvgIpc) is 3.14. The van der Waals surface area contributed by atoms with Gasteiger partial charge in [-0.15, -0.1) is 0 Å². The summed E-state index contributed by atoms with van der Waals surface area (Å²) in [7, 11) is 0. The quantitative estimate of drug-likeness (QED) is 0.839. The lowest BCUT2D eigenvalue weighted by molar-refractivity contribution is 0.0776. The Hall–Kier alpha value is -2.50. The first kappa shape index (κ1) is 14.1. The molecule has 2 aliphatic heterocycles. The van der Waals surface area contributed by atoms with E-state index in [0.29, 0.717) is 17.5 Å². The monoisotopic (exact) mass is 309 g/mol. The van der Waals surface area contributed by atoms with E-state index in [1.807, 2.05) is 30.0 Å². The van der Waals surface area contributed by atoms with Crippen LogP contribution in [0.15, 0.2) is 36.7 Å². The first-order chi connectivity index (χ1) is 11.2. The summed E-state index contributed by atoms with van der Waals surface area (Å²) < 4.78 is 0. The highest BCUT2D eigenvalue weighted by Crippen LogP contribution is 2.33. The number of rotatable bonds is 2. The minimum Gasteiger partial charge on any atom is -0.340 e. The molecule has 0 aromatic carbocycles. The first-order valence-corrected chi connectivity index (χ1v) is 7.95. The molecule has 0 aliphatic carbocycles. The van der Waals surface area contributed by atoms with E-state index in [1.54, 1.807) is 18.5 Å². The minimum absolute atomic E-state index is 0.0469. The Balaban J connectivity index is 1.43. The van der Waals surface area contributed by atoms with E-state index >= 15 is 0 Å². The van der Waals surface area contributed by atoms with Crippen LogP contribution in [0, 0.1) is 18.8 Å². The number of pyridine rings is 1. The van der Waals surface area contributed by atoms with Crippen LogP contribution in [0.1, 0.15) is 16.2 Å². The molecular formula is C17H19N5O. The van der Waals surface area contributed by atoms with Crippen molar-refractivity contribution < 1.29 is 4.79 Å². The second-order valence-electron chi connectivity index (χ2n) is 6.35. The summed E-state index contributed by atoms with van der Waals surface area (Å²) in [6.45, 7) is 5.33. The number of carbonyl (C=O) groups is 1. The maximum absolute atomic E-state index is 12.6. The molecule has 2 aliphatic rings. The van der Waals surface area contributed by atoms with Gasteiger partial charge in [-0.1, -0.05) is 6.07 Å². The average molecular weight is 309 g/mol. The molecule has 2 aromatic rings. The molecule has 0 saturated carbocycles. The largest absolute Gasteiger partial charge is 0.340 e. The number of amides is 1. The lowest BCUT2D eigenvalue weighted by Crippen LogP contribution is -2.34. The van der Waals surface area contributed by atoms with Crippen molar-refractivity contribution >= 4 is 11.9 Å². The Kier molecular flexibility index (Phi) is 3.44. The fourth-order valence-electron chi connectivity index (χ4n) is 3.60. The molecule has 6 heteroatoms. The van der Waals surface area contributed by atoms with E-state index in [0.717, 1.165) is 37.8 Å². The fraction of sp³-hybridized carbons (Fsp3) is 0.412. The number of aryl methyl sites for hydroxylation is 1. The van der Waals surface area contributed by atoms with Crippen molar-refractivity contribution in [2.45, 2.75) is 6.92 Å². The van der Waals surface area contributed by atoms with Crippen molar-refractivity contribution in [2.24, 2.45) is 11.8 Å². The van der Waals surface area contributed by atoms with Gasteiger partial charge in [-0.25, -0.2) is 15.0 Å². The highest BCUT2D eigenvalue weighted by Gasteiger charge is 2.42. The Morgan fingerprint density at radius 2 is 1.74 bits per heavy atom. The predicted molar refractivity (Wildman–Crippen MR) is 86.1 cm³/mol. The Morgan fingerprint density at radius 1 is 1.04 bits per heavy atom. The Bertz CT molecular complexity index is 706. The molecule has 0 radical (unpaired) electrons. The van der Waals surface area contributed by atoms with Crippen molar-refractivity contribution in [3.8, 4) is 0 Å². The van der Waals surface area contributed by atoms with Gasteiger partial charge in [-0.2, -0.15) is 0 Å². The summed E-state index contributed by atoms with van der Waals surface area (Å²) in [5, 5.41) is 0. The highest BCUT2D eigenvalue weighted by molar-refractivity contribution is 5.92. The molecule has 2 fully saturated rings. The third-order valence-corrected chi connectivity index (χ3v) is 4.72. The van der Waals surface area contributed by atoms with Crippen molar-refractivity contribution in [1.29, 1.82) is 0 Å². The number of hydrogen-bond acceptors (Lipinski definition) is 5. The highest BCUT2D eigenvalue weighted by atomic mass is 16.2. The Labute approximate surface area is 135 Å². The molecule has 6 nitrogen and oxygen atoms in total. The second kappa shape index (κ2) is 5.61.